The molecule has 0 radical (unpaired) electrons. The molecule has 0 aliphatic heterocycles. The molecule has 5 heteroatoms. The number of rotatable bonds is 4. The smallest absolute Gasteiger partial charge is 0.293 e. The monoisotopic (exact) mass is 277 g/mol. The molecule has 1 aromatic carbocycles. The van der Waals surface area contributed by atoms with E-state index in [1.54, 1.807) is 17.0 Å². The average Bonchev–Trinajstić information content (AvgIpc) is 2.41. The third-order valence-corrected chi connectivity index (χ3v) is 3.33. The number of nitrogens with zero attached hydrogens (tertiary/aromatic N) is 3. The molecule has 0 amide bonds. The maximum Gasteiger partial charge on any atom is 0.293 e. The Kier molecular flexibility index (Phi) is 4.22. The van der Waals surface area contributed by atoms with Crippen molar-refractivity contribution in [2.24, 2.45) is 0 Å². The van der Waals surface area contributed by atoms with Crippen LogP contribution in [0.1, 0.15) is 12.5 Å². The Morgan fingerprint density at radius 1 is 1.37 bits per heavy atom. The number of benzene rings is 1. The Balaban J connectivity index is 2.28. The predicted octanol–water partition coefficient (Wildman–Crippen LogP) is 2.55. The molecular formula is C14H16ClN3O. The number of halogens is 1. The Labute approximate surface area is 117 Å². The molecule has 0 unspecified atom stereocenters. The fourth-order valence-corrected chi connectivity index (χ4v) is 2.10. The molecule has 1 aromatic heterocycles. The van der Waals surface area contributed by atoms with E-state index in [0.717, 1.165) is 5.56 Å². The topological polar surface area (TPSA) is 38.1 Å². The molecule has 0 atom stereocenters. The van der Waals surface area contributed by atoms with Crippen molar-refractivity contribution in [3.63, 3.8) is 0 Å². The number of anilines is 1. The molecular weight excluding hydrogens is 262 g/mol. The van der Waals surface area contributed by atoms with Crippen molar-refractivity contribution in [3.05, 3.63) is 57.6 Å². The van der Waals surface area contributed by atoms with Crippen LogP contribution in [0.25, 0.3) is 0 Å². The largest absolute Gasteiger partial charge is 0.351 e. The summed E-state index contributed by atoms with van der Waals surface area (Å²) in [4.78, 5) is 18.1. The second-order valence-corrected chi connectivity index (χ2v) is 4.70. The van der Waals surface area contributed by atoms with Crippen molar-refractivity contribution in [2.45, 2.75) is 20.0 Å². The Hall–Kier alpha value is -1.81. The molecule has 0 aliphatic carbocycles. The lowest BCUT2D eigenvalue weighted by atomic mass is 10.2. The second kappa shape index (κ2) is 5.89. The number of aryl methyl sites for hydroxylation is 1. The van der Waals surface area contributed by atoms with Gasteiger partial charge in [0.1, 0.15) is 0 Å². The lowest BCUT2D eigenvalue weighted by Gasteiger charge is -2.18. The molecule has 0 N–H and O–H groups in total. The minimum Gasteiger partial charge on any atom is -0.351 e. The molecule has 19 heavy (non-hydrogen) atoms. The first-order valence-electron chi connectivity index (χ1n) is 6.13. The normalized spacial score (nSPS) is 10.5. The summed E-state index contributed by atoms with van der Waals surface area (Å²) in [5.41, 5.74) is 0.888. The summed E-state index contributed by atoms with van der Waals surface area (Å²) in [7, 11) is 1.84. The van der Waals surface area contributed by atoms with Crippen molar-refractivity contribution in [3.8, 4) is 0 Å². The van der Waals surface area contributed by atoms with Gasteiger partial charge in [-0.2, -0.15) is 0 Å². The van der Waals surface area contributed by atoms with Crippen LogP contribution in [0.15, 0.2) is 41.5 Å². The molecule has 4 nitrogen and oxygen atoms in total. The van der Waals surface area contributed by atoms with Gasteiger partial charge in [-0.1, -0.05) is 29.8 Å². The molecule has 0 aliphatic rings. The van der Waals surface area contributed by atoms with Crippen LogP contribution in [0, 0.1) is 0 Å². The molecule has 100 valence electrons. The van der Waals surface area contributed by atoms with E-state index in [-0.39, 0.29) is 5.56 Å². The molecule has 2 rings (SSSR count). The quantitative estimate of drug-likeness (QED) is 0.862. The predicted molar refractivity (Wildman–Crippen MR) is 77.7 cm³/mol. The van der Waals surface area contributed by atoms with Crippen LogP contribution in [0.5, 0.6) is 0 Å². The van der Waals surface area contributed by atoms with E-state index in [1.165, 1.54) is 0 Å². The van der Waals surface area contributed by atoms with Gasteiger partial charge in [-0.3, -0.25) is 4.79 Å². The molecule has 2 aromatic rings. The van der Waals surface area contributed by atoms with Gasteiger partial charge in [-0.15, -0.1) is 0 Å². The van der Waals surface area contributed by atoms with E-state index in [4.69, 9.17) is 11.6 Å². The highest BCUT2D eigenvalue weighted by Gasteiger charge is 2.11. The van der Waals surface area contributed by atoms with Gasteiger partial charge < -0.3 is 9.47 Å². The minimum atomic E-state index is -0.0837. The lowest BCUT2D eigenvalue weighted by molar-refractivity contribution is 0.708. The standard InChI is InChI=1S/C14H16ClN3O/c1-3-18-9-8-16-13(14(18)19)17(2)10-11-6-4-5-7-12(11)15/h4-9H,3,10H2,1-2H3. The summed E-state index contributed by atoms with van der Waals surface area (Å²) in [6.45, 7) is 3.11. The summed E-state index contributed by atoms with van der Waals surface area (Å²) < 4.78 is 1.63. The van der Waals surface area contributed by atoms with Crippen LogP contribution in [0.3, 0.4) is 0 Å². The van der Waals surface area contributed by atoms with E-state index in [0.29, 0.717) is 23.9 Å². The van der Waals surface area contributed by atoms with E-state index >= 15 is 0 Å². The maximum atomic E-state index is 12.1. The van der Waals surface area contributed by atoms with Crippen molar-refractivity contribution in [1.29, 1.82) is 0 Å². The zero-order valence-corrected chi connectivity index (χ0v) is 11.8. The van der Waals surface area contributed by atoms with Gasteiger partial charge in [0.05, 0.1) is 0 Å². The van der Waals surface area contributed by atoms with Crippen LogP contribution < -0.4 is 10.5 Å². The maximum absolute atomic E-state index is 12.1. The van der Waals surface area contributed by atoms with E-state index in [1.807, 2.05) is 43.1 Å². The first-order valence-corrected chi connectivity index (χ1v) is 6.51. The van der Waals surface area contributed by atoms with Gasteiger partial charge in [0, 0.05) is 37.6 Å². The van der Waals surface area contributed by atoms with Crippen molar-refractivity contribution < 1.29 is 0 Å². The fourth-order valence-electron chi connectivity index (χ4n) is 1.90. The van der Waals surface area contributed by atoms with Crippen molar-refractivity contribution in [1.82, 2.24) is 9.55 Å². The van der Waals surface area contributed by atoms with Gasteiger partial charge in [0.15, 0.2) is 5.82 Å². The average molecular weight is 278 g/mol. The first-order chi connectivity index (χ1) is 9.13. The van der Waals surface area contributed by atoms with Crippen LogP contribution in [-0.2, 0) is 13.1 Å². The summed E-state index contributed by atoms with van der Waals surface area (Å²) in [6.07, 6.45) is 3.33. The molecule has 0 saturated heterocycles. The highest BCUT2D eigenvalue weighted by Crippen LogP contribution is 2.17. The highest BCUT2D eigenvalue weighted by molar-refractivity contribution is 6.31. The number of hydrogen-bond acceptors (Lipinski definition) is 3. The number of aromatic nitrogens is 2. The molecule has 0 spiro atoms. The fraction of sp³-hybridized carbons (Fsp3) is 0.286. The number of hydrogen-bond donors (Lipinski definition) is 0. The SMILES string of the molecule is CCn1ccnc(N(C)Cc2ccccc2Cl)c1=O. The summed E-state index contributed by atoms with van der Waals surface area (Å²) in [5.74, 6) is 0.435. The van der Waals surface area contributed by atoms with E-state index in [9.17, 15) is 4.79 Å². The second-order valence-electron chi connectivity index (χ2n) is 4.29. The summed E-state index contributed by atoms with van der Waals surface area (Å²) >= 11 is 6.12. The Bertz CT molecular complexity index is 624. The van der Waals surface area contributed by atoms with Gasteiger partial charge in [0.2, 0.25) is 0 Å². The summed E-state index contributed by atoms with van der Waals surface area (Å²) in [6, 6.07) is 7.60. The van der Waals surface area contributed by atoms with Gasteiger partial charge in [-0.25, -0.2) is 4.98 Å². The zero-order chi connectivity index (χ0) is 13.8. The molecule has 0 bridgehead atoms. The third kappa shape index (κ3) is 2.96. The summed E-state index contributed by atoms with van der Waals surface area (Å²) in [5, 5.41) is 0.695. The van der Waals surface area contributed by atoms with Crippen LogP contribution in [-0.4, -0.2) is 16.6 Å². The first kappa shape index (κ1) is 13.6. The highest BCUT2D eigenvalue weighted by atomic mass is 35.5. The van der Waals surface area contributed by atoms with Crippen LogP contribution >= 0.6 is 11.6 Å². The molecule has 0 saturated carbocycles. The van der Waals surface area contributed by atoms with Gasteiger partial charge in [-0.05, 0) is 18.6 Å². The van der Waals surface area contributed by atoms with Crippen LogP contribution in [0.4, 0.5) is 5.82 Å². The van der Waals surface area contributed by atoms with Crippen LogP contribution in [0.2, 0.25) is 5.02 Å². The third-order valence-electron chi connectivity index (χ3n) is 2.96. The van der Waals surface area contributed by atoms with E-state index < -0.39 is 0 Å². The van der Waals surface area contributed by atoms with Gasteiger partial charge >= 0.3 is 0 Å². The Morgan fingerprint density at radius 2 is 2.11 bits per heavy atom. The Morgan fingerprint density at radius 3 is 2.79 bits per heavy atom. The lowest BCUT2D eigenvalue weighted by Crippen LogP contribution is -2.30. The van der Waals surface area contributed by atoms with Gasteiger partial charge in [0.25, 0.3) is 5.56 Å². The van der Waals surface area contributed by atoms with E-state index in [2.05, 4.69) is 4.98 Å². The zero-order valence-electron chi connectivity index (χ0n) is 11.0. The molecule has 0 fully saturated rings. The van der Waals surface area contributed by atoms with Crippen molar-refractivity contribution in [2.75, 3.05) is 11.9 Å². The minimum absolute atomic E-state index is 0.0837. The molecule has 1 heterocycles. The van der Waals surface area contributed by atoms with Crippen molar-refractivity contribution >= 4 is 17.4 Å².